The highest BCUT2D eigenvalue weighted by Gasteiger charge is 2.26. The number of hydrogen-bond donors (Lipinski definition) is 1. The van der Waals surface area contributed by atoms with Gasteiger partial charge in [-0.25, -0.2) is 8.42 Å². The van der Waals surface area contributed by atoms with Crippen LogP contribution in [0.15, 0.2) is 133 Å². The Labute approximate surface area is 277 Å². The van der Waals surface area contributed by atoms with E-state index in [9.17, 15) is 18.3 Å². The molecule has 8 heteroatoms. The maximum Gasteiger partial charge on any atom is 0.253 e. The van der Waals surface area contributed by atoms with Crippen LogP contribution >= 0.6 is 0 Å². The van der Waals surface area contributed by atoms with Crippen LogP contribution in [0.2, 0.25) is 0 Å². The summed E-state index contributed by atoms with van der Waals surface area (Å²) in [6.45, 7) is 2.03. The van der Waals surface area contributed by atoms with E-state index in [1.165, 1.54) is 4.31 Å². The molecule has 1 aromatic heterocycles. The first-order valence-electron chi connectivity index (χ1n) is 16.0. The van der Waals surface area contributed by atoms with E-state index in [2.05, 4.69) is 4.98 Å². The molecule has 0 aliphatic carbocycles. The van der Waals surface area contributed by atoms with E-state index < -0.39 is 10.0 Å². The molecule has 1 aliphatic heterocycles. The largest absolute Gasteiger partial charge is 0.396 e. The summed E-state index contributed by atoms with van der Waals surface area (Å²) in [5.74, 6) is 0.530. The fourth-order valence-corrected chi connectivity index (χ4v) is 7.54. The number of amides is 1. The topological polar surface area (TPSA) is 90.8 Å². The lowest BCUT2D eigenvalue weighted by Crippen LogP contribution is -2.38. The molecule has 4 aromatic carbocycles. The van der Waals surface area contributed by atoms with E-state index in [4.69, 9.17) is 0 Å². The summed E-state index contributed by atoms with van der Waals surface area (Å²) >= 11 is 0. The molecule has 5 aromatic rings. The monoisotopic (exact) mass is 645 g/mol. The summed E-state index contributed by atoms with van der Waals surface area (Å²) in [4.78, 5) is 19.4. The number of carbonyl (C=O) groups excluding carboxylic acids is 1. The molecule has 1 amide bonds. The van der Waals surface area contributed by atoms with Gasteiger partial charge < -0.3 is 10.0 Å². The second-order valence-electron chi connectivity index (χ2n) is 12.0. The fourth-order valence-electron chi connectivity index (χ4n) is 6.12. The standard InChI is InChI=1S/C39H39N3O4S/c43-26-22-30-20-24-41(25-21-30)39(44)37-14-12-35(13-15-37)34-10-8-31(9-11-34)28-42(29-32-5-4-23-40-27-32)47(45,46)38-18-16-36(17-19-38)33-6-2-1-3-7-33/h1-19,23,27,30,43H,20-22,24-26,28-29H2. The third kappa shape index (κ3) is 7.85. The average molecular weight is 646 g/mol. The van der Waals surface area contributed by atoms with Crippen molar-refractivity contribution in [1.82, 2.24) is 14.2 Å². The number of aromatic nitrogens is 1. The first kappa shape index (κ1) is 32.3. The molecule has 1 N–H and O–H groups in total. The van der Waals surface area contributed by atoms with Gasteiger partial charge in [0.05, 0.1) is 4.90 Å². The normalized spacial score (nSPS) is 14.0. The molecule has 0 bridgehead atoms. The summed E-state index contributed by atoms with van der Waals surface area (Å²) in [7, 11) is -3.83. The van der Waals surface area contributed by atoms with Gasteiger partial charge in [-0.05, 0) is 88.9 Å². The minimum absolute atomic E-state index is 0.0407. The van der Waals surface area contributed by atoms with Gasteiger partial charge in [-0.15, -0.1) is 0 Å². The van der Waals surface area contributed by atoms with E-state index >= 15 is 0 Å². The van der Waals surface area contributed by atoms with Crippen LogP contribution in [0.5, 0.6) is 0 Å². The lowest BCUT2D eigenvalue weighted by molar-refractivity contribution is 0.0678. The van der Waals surface area contributed by atoms with Crippen LogP contribution in [-0.2, 0) is 23.1 Å². The molecule has 0 spiro atoms. The van der Waals surface area contributed by atoms with Gasteiger partial charge >= 0.3 is 0 Å². The van der Waals surface area contributed by atoms with Crippen LogP contribution in [0.3, 0.4) is 0 Å². The van der Waals surface area contributed by atoms with Crippen LogP contribution in [0.25, 0.3) is 22.3 Å². The van der Waals surface area contributed by atoms with Crippen LogP contribution < -0.4 is 0 Å². The van der Waals surface area contributed by atoms with E-state index in [1.807, 2.05) is 108 Å². The van der Waals surface area contributed by atoms with Crippen molar-refractivity contribution in [3.8, 4) is 22.3 Å². The number of likely N-dealkylation sites (tertiary alicyclic amines) is 1. The van der Waals surface area contributed by atoms with Gasteiger partial charge in [-0.3, -0.25) is 9.78 Å². The zero-order valence-electron chi connectivity index (χ0n) is 26.3. The van der Waals surface area contributed by atoms with Crippen molar-refractivity contribution in [3.63, 3.8) is 0 Å². The van der Waals surface area contributed by atoms with Gasteiger partial charge in [0.25, 0.3) is 5.91 Å². The van der Waals surface area contributed by atoms with Crippen LogP contribution in [0.4, 0.5) is 0 Å². The highest BCUT2D eigenvalue weighted by Crippen LogP contribution is 2.27. The minimum atomic E-state index is -3.83. The first-order chi connectivity index (χ1) is 22.9. The summed E-state index contributed by atoms with van der Waals surface area (Å²) in [5, 5.41) is 9.20. The Bertz CT molecular complexity index is 1860. The number of benzene rings is 4. The number of aliphatic hydroxyl groups excluding tert-OH is 1. The number of pyridine rings is 1. The van der Waals surface area contributed by atoms with E-state index in [0.717, 1.165) is 65.7 Å². The van der Waals surface area contributed by atoms with Crippen molar-refractivity contribution in [3.05, 3.63) is 144 Å². The lowest BCUT2D eigenvalue weighted by Gasteiger charge is -2.31. The van der Waals surface area contributed by atoms with Gasteiger partial charge in [-0.2, -0.15) is 4.31 Å². The smallest absolute Gasteiger partial charge is 0.253 e. The Hall–Kier alpha value is -4.63. The van der Waals surface area contributed by atoms with E-state index in [1.54, 1.807) is 24.5 Å². The Balaban J connectivity index is 1.16. The molecule has 1 saturated heterocycles. The number of rotatable bonds is 11. The van der Waals surface area contributed by atoms with Crippen LogP contribution in [0.1, 0.15) is 40.7 Å². The zero-order valence-corrected chi connectivity index (χ0v) is 27.1. The van der Waals surface area contributed by atoms with Gasteiger partial charge in [0.15, 0.2) is 0 Å². The number of piperidine rings is 1. The molecule has 6 rings (SSSR count). The summed E-state index contributed by atoms with van der Waals surface area (Å²) in [6.07, 6.45) is 6.03. The molecule has 2 heterocycles. The fraction of sp³-hybridized carbons (Fsp3) is 0.231. The van der Waals surface area contributed by atoms with Crippen molar-refractivity contribution in [1.29, 1.82) is 0 Å². The van der Waals surface area contributed by atoms with Crippen molar-refractivity contribution in [2.75, 3.05) is 19.7 Å². The molecule has 7 nitrogen and oxygen atoms in total. The molecule has 1 fully saturated rings. The third-order valence-corrected chi connectivity index (χ3v) is 10.7. The number of carbonyl (C=O) groups is 1. The van der Waals surface area contributed by atoms with Gasteiger partial charge in [0.1, 0.15) is 0 Å². The number of sulfonamides is 1. The second-order valence-corrected chi connectivity index (χ2v) is 14.0. The Kier molecular flexibility index (Phi) is 10.2. The number of nitrogens with zero attached hydrogens (tertiary/aromatic N) is 3. The highest BCUT2D eigenvalue weighted by atomic mass is 32.2. The number of hydrogen-bond acceptors (Lipinski definition) is 5. The molecule has 0 unspecified atom stereocenters. The molecule has 1 aliphatic rings. The summed E-state index contributed by atoms with van der Waals surface area (Å²) in [5.41, 5.74) is 6.27. The summed E-state index contributed by atoms with van der Waals surface area (Å²) in [6, 6.07) is 36.1. The van der Waals surface area contributed by atoms with Crippen molar-refractivity contribution >= 4 is 15.9 Å². The molecule has 0 atom stereocenters. The van der Waals surface area contributed by atoms with Crippen molar-refractivity contribution < 1.29 is 18.3 Å². The Morgan fingerprint density at radius 3 is 1.89 bits per heavy atom. The zero-order chi connectivity index (χ0) is 32.6. The van der Waals surface area contributed by atoms with Crippen LogP contribution in [0, 0.1) is 5.92 Å². The van der Waals surface area contributed by atoms with Crippen LogP contribution in [-0.4, -0.2) is 53.3 Å². The number of aliphatic hydroxyl groups is 1. The first-order valence-corrected chi connectivity index (χ1v) is 17.5. The molecular formula is C39H39N3O4S. The SMILES string of the molecule is O=C(c1ccc(-c2ccc(CN(Cc3cccnc3)S(=O)(=O)c3ccc(-c4ccccc4)cc3)cc2)cc1)N1CCC(CCO)CC1. The molecule has 0 radical (unpaired) electrons. The van der Waals surface area contributed by atoms with Gasteiger partial charge in [0, 0.05) is 50.7 Å². The molecular weight excluding hydrogens is 607 g/mol. The lowest BCUT2D eigenvalue weighted by atomic mass is 9.93. The predicted molar refractivity (Wildman–Crippen MR) is 185 cm³/mol. The predicted octanol–water partition coefficient (Wildman–Crippen LogP) is 7.04. The molecule has 0 saturated carbocycles. The maximum absolute atomic E-state index is 14.0. The minimum Gasteiger partial charge on any atom is -0.396 e. The average Bonchev–Trinajstić information content (AvgIpc) is 3.13. The molecule has 47 heavy (non-hydrogen) atoms. The third-order valence-electron chi connectivity index (χ3n) is 8.90. The Morgan fingerprint density at radius 1 is 0.723 bits per heavy atom. The second kappa shape index (κ2) is 14.9. The highest BCUT2D eigenvalue weighted by molar-refractivity contribution is 7.89. The van der Waals surface area contributed by atoms with Gasteiger partial charge in [-0.1, -0.05) is 84.9 Å². The molecule has 240 valence electrons. The summed E-state index contributed by atoms with van der Waals surface area (Å²) < 4.78 is 29.5. The maximum atomic E-state index is 14.0. The van der Waals surface area contributed by atoms with E-state index in [-0.39, 0.29) is 30.5 Å². The van der Waals surface area contributed by atoms with E-state index in [0.29, 0.717) is 11.5 Å². The van der Waals surface area contributed by atoms with Gasteiger partial charge in [0.2, 0.25) is 10.0 Å². The quantitative estimate of drug-likeness (QED) is 0.166. The Morgan fingerprint density at radius 2 is 1.30 bits per heavy atom. The van der Waals surface area contributed by atoms with Crippen molar-refractivity contribution in [2.24, 2.45) is 5.92 Å². The van der Waals surface area contributed by atoms with Crippen molar-refractivity contribution in [2.45, 2.75) is 37.2 Å².